The molecule has 1 aliphatic rings. The molecule has 2 aromatic carbocycles. The third-order valence-electron chi connectivity index (χ3n) is 6.66. The van der Waals surface area contributed by atoms with Crippen LogP contribution in [0.4, 0.5) is 5.82 Å². The minimum atomic E-state index is -0.293. The van der Waals surface area contributed by atoms with Gasteiger partial charge in [0.15, 0.2) is 11.6 Å². The second-order valence-electron chi connectivity index (χ2n) is 9.43. The molecule has 0 saturated carbocycles. The summed E-state index contributed by atoms with van der Waals surface area (Å²) in [4.78, 5) is 24.3. The average Bonchev–Trinajstić information content (AvgIpc) is 3.38. The summed E-state index contributed by atoms with van der Waals surface area (Å²) < 4.78 is 6.93. The number of hydrogen-bond acceptors (Lipinski definition) is 7. The van der Waals surface area contributed by atoms with Crippen LogP contribution in [0.15, 0.2) is 48.9 Å². The molecule has 4 aromatic rings. The number of nitrogen functional groups attached to an aromatic ring is 1. The number of aryl methyl sites for hydroxylation is 1. The first-order valence-electron chi connectivity index (χ1n) is 12.5. The van der Waals surface area contributed by atoms with E-state index in [0.717, 1.165) is 30.6 Å². The summed E-state index contributed by atoms with van der Waals surface area (Å²) in [6.07, 6.45) is 5.78. The number of nitrogens with two attached hydrogens (primary N) is 1. The van der Waals surface area contributed by atoms with Crippen LogP contribution in [0.1, 0.15) is 39.5 Å². The molecule has 5 rings (SSSR count). The fourth-order valence-corrected chi connectivity index (χ4v) is 4.90. The maximum atomic E-state index is 12.8. The van der Waals surface area contributed by atoms with Gasteiger partial charge >= 0.3 is 0 Å². The van der Waals surface area contributed by atoms with Gasteiger partial charge in [-0.1, -0.05) is 17.7 Å². The number of fused-ring (bicyclic) bond motifs is 1. The van der Waals surface area contributed by atoms with E-state index in [4.69, 9.17) is 27.1 Å². The Morgan fingerprint density at radius 3 is 2.87 bits per heavy atom. The number of likely N-dealkylation sites (N-methyl/N-ethyl adjacent to an activating group) is 1. The molecular formula is C28H30ClN7O2. The Kier molecular flexibility index (Phi) is 7.31. The highest BCUT2D eigenvalue weighted by Crippen LogP contribution is 2.29. The molecule has 1 aliphatic heterocycles. The molecule has 0 atom stereocenters. The van der Waals surface area contributed by atoms with E-state index < -0.39 is 0 Å². The van der Waals surface area contributed by atoms with Gasteiger partial charge in [-0.3, -0.25) is 4.79 Å². The maximum absolute atomic E-state index is 12.8. The van der Waals surface area contributed by atoms with Gasteiger partial charge in [0.1, 0.15) is 5.75 Å². The predicted molar refractivity (Wildman–Crippen MR) is 148 cm³/mol. The molecule has 0 aliphatic carbocycles. The van der Waals surface area contributed by atoms with Crippen molar-refractivity contribution in [3.05, 3.63) is 81.8 Å². The summed E-state index contributed by atoms with van der Waals surface area (Å²) in [6, 6.07) is 9.71. The number of rotatable bonds is 7. The molecule has 0 bridgehead atoms. The van der Waals surface area contributed by atoms with E-state index in [-0.39, 0.29) is 18.3 Å². The van der Waals surface area contributed by atoms with Crippen LogP contribution in [-0.4, -0.2) is 50.8 Å². The normalized spacial score (nSPS) is 13.3. The standard InChI is InChI=1S/C28H30ClN7O2/c1-4-38-22-6-5-18(24(29)11-22)12-32-28(37)21-13-33-36(16-21)27-26(30)31-14-25(34-27)19-9-17(2)23-7-8-35(3)15-20(23)10-19/h5-6,9-11,13-14,16H,4,7-8,12,15H2,1-3H3,(H2,30,31)(H,32,37). The highest BCUT2D eigenvalue weighted by molar-refractivity contribution is 6.31. The lowest BCUT2D eigenvalue weighted by Crippen LogP contribution is -2.27. The fraction of sp³-hybridized carbons (Fsp3) is 0.286. The number of anilines is 1. The smallest absolute Gasteiger partial charge is 0.254 e. The molecule has 0 radical (unpaired) electrons. The predicted octanol–water partition coefficient (Wildman–Crippen LogP) is 4.19. The van der Waals surface area contributed by atoms with Gasteiger partial charge in [-0.25, -0.2) is 14.6 Å². The molecule has 9 nitrogen and oxygen atoms in total. The molecule has 1 amide bonds. The number of nitrogens with zero attached hydrogens (tertiary/aromatic N) is 5. The molecular weight excluding hydrogens is 502 g/mol. The topological polar surface area (TPSA) is 111 Å². The van der Waals surface area contributed by atoms with Crippen LogP contribution in [-0.2, 0) is 19.5 Å². The molecule has 3 N–H and O–H groups in total. The Labute approximate surface area is 226 Å². The Morgan fingerprint density at radius 1 is 1.24 bits per heavy atom. The van der Waals surface area contributed by atoms with Gasteiger partial charge in [-0.2, -0.15) is 5.10 Å². The van der Waals surface area contributed by atoms with Gasteiger partial charge < -0.3 is 20.7 Å². The van der Waals surface area contributed by atoms with Crippen molar-refractivity contribution in [3.63, 3.8) is 0 Å². The first-order valence-corrected chi connectivity index (χ1v) is 12.9. The minimum absolute atomic E-state index is 0.222. The number of halogens is 1. The zero-order chi connectivity index (χ0) is 26.8. The second kappa shape index (κ2) is 10.8. The van der Waals surface area contributed by atoms with Crippen molar-refractivity contribution in [3.8, 4) is 22.8 Å². The zero-order valence-electron chi connectivity index (χ0n) is 21.7. The van der Waals surface area contributed by atoms with Crippen molar-refractivity contribution >= 4 is 23.3 Å². The van der Waals surface area contributed by atoms with Gasteiger partial charge in [-0.05, 0) is 73.8 Å². The lowest BCUT2D eigenvalue weighted by atomic mass is 9.92. The molecule has 0 saturated heterocycles. The Morgan fingerprint density at radius 2 is 2.08 bits per heavy atom. The van der Waals surface area contributed by atoms with Gasteiger partial charge in [0.25, 0.3) is 5.91 Å². The van der Waals surface area contributed by atoms with Gasteiger partial charge in [0, 0.05) is 36.4 Å². The van der Waals surface area contributed by atoms with Crippen LogP contribution in [0.25, 0.3) is 17.1 Å². The van der Waals surface area contributed by atoms with E-state index >= 15 is 0 Å². The number of carbonyl (C=O) groups is 1. The number of hydrogen-bond donors (Lipinski definition) is 2. The summed E-state index contributed by atoms with van der Waals surface area (Å²) in [5.74, 6) is 0.981. The van der Waals surface area contributed by atoms with Gasteiger partial charge in [0.2, 0.25) is 0 Å². The highest BCUT2D eigenvalue weighted by atomic mass is 35.5. The Hall–Kier alpha value is -3.95. The van der Waals surface area contributed by atoms with Crippen LogP contribution in [0.5, 0.6) is 5.75 Å². The van der Waals surface area contributed by atoms with Gasteiger partial charge in [-0.15, -0.1) is 0 Å². The molecule has 0 spiro atoms. The van der Waals surface area contributed by atoms with Crippen LogP contribution in [0, 0.1) is 6.92 Å². The van der Waals surface area contributed by atoms with E-state index in [0.29, 0.717) is 34.5 Å². The summed E-state index contributed by atoms with van der Waals surface area (Å²) in [5, 5.41) is 7.73. The lowest BCUT2D eigenvalue weighted by molar-refractivity contribution is 0.0951. The lowest BCUT2D eigenvalue weighted by Gasteiger charge is -2.27. The fourth-order valence-electron chi connectivity index (χ4n) is 4.67. The van der Waals surface area contributed by atoms with Crippen LogP contribution >= 0.6 is 11.6 Å². The molecule has 2 aromatic heterocycles. The largest absolute Gasteiger partial charge is 0.494 e. The van der Waals surface area contributed by atoms with E-state index in [9.17, 15) is 4.79 Å². The zero-order valence-corrected chi connectivity index (χ0v) is 22.4. The number of benzene rings is 2. The number of nitrogens with one attached hydrogen (secondary N) is 1. The first kappa shape index (κ1) is 25.7. The van der Waals surface area contributed by atoms with E-state index in [2.05, 4.69) is 46.4 Å². The van der Waals surface area contributed by atoms with E-state index in [1.807, 2.05) is 19.1 Å². The van der Waals surface area contributed by atoms with Crippen molar-refractivity contribution in [2.45, 2.75) is 33.4 Å². The average molecular weight is 532 g/mol. The number of carbonyl (C=O) groups excluding carboxylic acids is 1. The van der Waals surface area contributed by atoms with Gasteiger partial charge in [0.05, 0.1) is 30.3 Å². The quantitative estimate of drug-likeness (QED) is 0.368. The molecule has 0 unspecified atom stereocenters. The highest BCUT2D eigenvalue weighted by Gasteiger charge is 2.18. The summed E-state index contributed by atoms with van der Waals surface area (Å²) in [7, 11) is 2.13. The molecule has 196 valence electrons. The van der Waals surface area contributed by atoms with Crippen LogP contribution in [0.2, 0.25) is 5.02 Å². The van der Waals surface area contributed by atoms with Crippen molar-refractivity contribution in [2.75, 3.05) is 25.9 Å². The van der Waals surface area contributed by atoms with E-state index in [1.165, 1.54) is 27.6 Å². The molecule has 38 heavy (non-hydrogen) atoms. The number of amides is 1. The Balaban J connectivity index is 1.34. The third kappa shape index (κ3) is 5.34. The second-order valence-corrected chi connectivity index (χ2v) is 9.83. The maximum Gasteiger partial charge on any atom is 0.254 e. The minimum Gasteiger partial charge on any atom is -0.494 e. The number of aromatic nitrogens is 4. The van der Waals surface area contributed by atoms with Crippen LogP contribution in [0.3, 0.4) is 0 Å². The number of ether oxygens (including phenoxy) is 1. The van der Waals surface area contributed by atoms with Crippen molar-refractivity contribution in [1.29, 1.82) is 0 Å². The van der Waals surface area contributed by atoms with E-state index in [1.54, 1.807) is 18.5 Å². The SMILES string of the molecule is CCOc1ccc(CNC(=O)c2cnn(-c3nc(-c4cc(C)c5c(c4)CN(C)CC5)cnc3N)c2)c(Cl)c1. The Bertz CT molecular complexity index is 1500. The van der Waals surface area contributed by atoms with Crippen molar-refractivity contribution in [1.82, 2.24) is 30.0 Å². The summed E-state index contributed by atoms with van der Waals surface area (Å²) in [5.41, 5.74) is 12.9. The first-order chi connectivity index (χ1) is 18.3. The third-order valence-corrected chi connectivity index (χ3v) is 7.01. The molecule has 10 heteroatoms. The molecule has 0 fully saturated rings. The molecule has 3 heterocycles. The monoisotopic (exact) mass is 531 g/mol. The van der Waals surface area contributed by atoms with Crippen molar-refractivity contribution in [2.24, 2.45) is 0 Å². The van der Waals surface area contributed by atoms with Crippen molar-refractivity contribution < 1.29 is 9.53 Å². The summed E-state index contributed by atoms with van der Waals surface area (Å²) in [6.45, 7) is 6.82. The summed E-state index contributed by atoms with van der Waals surface area (Å²) >= 11 is 6.34. The van der Waals surface area contributed by atoms with Crippen LogP contribution < -0.4 is 15.8 Å².